The first-order valence-electron chi connectivity index (χ1n) is 6.17. The molecular weight excluding hydrogens is 252 g/mol. The summed E-state index contributed by atoms with van der Waals surface area (Å²) in [6.07, 6.45) is 4.99. The van der Waals surface area contributed by atoms with E-state index in [2.05, 4.69) is 9.97 Å². The number of hydrogen-bond acceptors (Lipinski definition) is 3. The van der Waals surface area contributed by atoms with Crippen LogP contribution >= 0.6 is 11.6 Å². The Morgan fingerprint density at radius 3 is 3.22 bits per heavy atom. The van der Waals surface area contributed by atoms with Crippen LogP contribution < -0.4 is 0 Å². The zero-order valence-corrected chi connectivity index (χ0v) is 10.7. The van der Waals surface area contributed by atoms with Gasteiger partial charge in [0.15, 0.2) is 6.29 Å². The molecule has 2 aromatic heterocycles. The number of hydrogen-bond donors (Lipinski definition) is 1. The summed E-state index contributed by atoms with van der Waals surface area (Å²) in [5, 5.41) is 1.54. The van der Waals surface area contributed by atoms with E-state index in [1.807, 2.05) is 12.1 Å². The fraction of sp³-hybridized carbons (Fsp3) is 0.462. The fourth-order valence-electron chi connectivity index (χ4n) is 2.16. The zero-order valence-electron chi connectivity index (χ0n) is 9.99. The number of halogens is 1. The van der Waals surface area contributed by atoms with Crippen LogP contribution in [-0.4, -0.2) is 22.9 Å². The number of H-pyrrole nitrogens is 1. The number of ether oxygens (including phenoxy) is 2. The van der Waals surface area contributed by atoms with E-state index >= 15 is 0 Å². The van der Waals surface area contributed by atoms with Gasteiger partial charge in [-0.1, -0.05) is 11.6 Å². The van der Waals surface area contributed by atoms with Crippen LogP contribution in [0.4, 0.5) is 0 Å². The molecule has 0 radical (unpaired) electrons. The van der Waals surface area contributed by atoms with Crippen molar-refractivity contribution in [2.45, 2.75) is 32.2 Å². The van der Waals surface area contributed by atoms with Gasteiger partial charge in [0.2, 0.25) is 0 Å². The molecule has 1 atom stereocenters. The summed E-state index contributed by atoms with van der Waals surface area (Å²) >= 11 is 5.84. The van der Waals surface area contributed by atoms with Gasteiger partial charge in [0.1, 0.15) is 5.15 Å². The molecule has 0 spiro atoms. The van der Waals surface area contributed by atoms with Crippen molar-refractivity contribution in [1.82, 2.24) is 9.97 Å². The number of aromatic amines is 1. The fourth-order valence-corrected chi connectivity index (χ4v) is 2.32. The molecule has 2 aromatic rings. The number of nitrogens with one attached hydrogen (secondary N) is 1. The van der Waals surface area contributed by atoms with Gasteiger partial charge in [0.25, 0.3) is 0 Å². The van der Waals surface area contributed by atoms with Gasteiger partial charge in [-0.25, -0.2) is 4.98 Å². The van der Waals surface area contributed by atoms with Crippen LogP contribution in [0.3, 0.4) is 0 Å². The van der Waals surface area contributed by atoms with Crippen molar-refractivity contribution in [2.24, 2.45) is 0 Å². The van der Waals surface area contributed by atoms with Gasteiger partial charge >= 0.3 is 0 Å². The summed E-state index contributed by atoms with van der Waals surface area (Å²) in [4.78, 5) is 7.32. The normalized spacial score (nSPS) is 20.4. The van der Waals surface area contributed by atoms with Crippen LogP contribution in [0.25, 0.3) is 10.9 Å². The summed E-state index contributed by atoms with van der Waals surface area (Å²) in [6.45, 7) is 1.33. The third-order valence-corrected chi connectivity index (χ3v) is 3.30. The highest BCUT2D eigenvalue weighted by Gasteiger charge is 2.14. The van der Waals surface area contributed by atoms with E-state index in [0.29, 0.717) is 11.8 Å². The third-order valence-electron chi connectivity index (χ3n) is 3.09. The Labute approximate surface area is 110 Å². The average Bonchev–Trinajstić information content (AvgIpc) is 2.79. The SMILES string of the molecule is Clc1cc2[nH]c(COC3CCCCO3)cc2cn1. The average molecular weight is 267 g/mol. The van der Waals surface area contributed by atoms with E-state index in [1.54, 1.807) is 6.20 Å². The summed E-state index contributed by atoms with van der Waals surface area (Å²) in [6, 6.07) is 3.85. The van der Waals surface area contributed by atoms with Crippen molar-refractivity contribution < 1.29 is 9.47 Å². The molecule has 18 heavy (non-hydrogen) atoms. The summed E-state index contributed by atoms with van der Waals surface area (Å²) in [7, 11) is 0. The second kappa shape index (κ2) is 5.26. The van der Waals surface area contributed by atoms with Gasteiger partial charge in [-0.2, -0.15) is 0 Å². The van der Waals surface area contributed by atoms with E-state index in [-0.39, 0.29) is 6.29 Å². The Balaban J connectivity index is 1.67. The molecule has 0 saturated carbocycles. The lowest BCUT2D eigenvalue weighted by molar-refractivity contribution is -0.169. The van der Waals surface area contributed by atoms with Crippen molar-refractivity contribution in [2.75, 3.05) is 6.61 Å². The van der Waals surface area contributed by atoms with Crippen molar-refractivity contribution >= 4 is 22.5 Å². The first kappa shape index (κ1) is 12.0. The monoisotopic (exact) mass is 266 g/mol. The third kappa shape index (κ3) is 2.66. The molecule has 3 rings (SSSR count). The maximum Gasteiger partial charge on any atom is 0.158 e. The number of aromatic nitrogens is 2. The molecule has 0 aromatic carbocycles. The van der Waals surface area contributed by atoms with Crippen molar-refractivity contribution in [3.05, 3.63) is 29.2 Å². The van der Waals surface area contributed by atoms with Gasteiger partial charge in [0, 0.05) is 23.9 Å². The maximum atomic E-state index is 5.84. The lowest BCUT2D eigenvalue weighted by Gasteiger charge is -2.22. The quantitative estimate of drug-likeness (QED) is 0.868. The van der Waals surface area contributed by atoms with Gasteiger partial charge < -0.3 is 14.5 Å². The Morgan fingerprint density at radius 1 is 1.44 bits per heavy atom. The molecule has 1 N–H and O–H groups in total. The maximum absolute atomic E-state index is 5.84. The van der Waals surface area contributed by atoms with Crippen molar-refractivity contribution in [1.29, 1.82) is 0 Å². The molecular formula is C13H15ClN2O2. The Bertz CT molecular complexity index is 535. The van der Waals surface area contributed by atoms with Gasteiger partial charge in [-0.05, 0) is 31.4 Å². The molecule has 4 nitrogen and oxygen atoms in total. The minimum atomic E-state index is -0.0631. The lowest BCUT2D eigenvalue weighted by Crippen LogP contribution is -2.22. The minimum absolute atomic E-state index is 0.0631. The molecule has 1 aliphatic heterocycles. The minimum Gasteiger partial charge on any atom is -0.356 e. The predicted molar refractivity (Wildman–Crippen MR) is 69.5 cm³/mol. The largest absolute Gasteiger partial charge is 0.356 e. The first-order valence-corrected chi connectivity index (χ1v) is 6.55. The molecule has 1 unspecified atom stereocenters. The van der Waals surface area contributed by atoms with Crippen LogP contribution in [0.1, 0.15) is 25.0 Å². The second-order valence-corrected chi connectivity index (χ2v) is 4.88. The molecule has 1 fully saturated rings. The standard InChI is InChI=1S/C13H15ClN2O2/c14-12-6-11-9(7-15-12)5-10(16-11)8-18-13-3-1-2-4-17-13/h5-7,13,16H,1-4,8H2. The molecule has 3 heterocycles. The second-order valence-electron chi connectivity index (χ2n) is 4.50. The van der Waals surface area contributed by atoms with Crippen LogP contribution in [0.2, 0.25) is 5.15 Å². The molecule has 1 aliphatic rings. The van der Waals surface area contributed by atoms with Crippen molar-refractivity contribution in [3.63, 3.8) is 0 Å². The predicted octanol–water partition coefficient (Wildman–Crippen LogP) is 3.26. The van der Waals surface area contributed by atoms with Crippen LogP contribution in [0, 0.1) is 0 Å². The van der Waals surface area contributed by atoms with Crippen LogP contribution in [0.15, 0.2) is 18.3 Å². The van der Waals surface area contributed by atoms with Gasteiger partial charge in [0.05, 0.1) is 12.1 Å². The molecule has 0 aliphatic carbocycles. The molecule has 1 saturated heterocycles. The highest BCUT2D eigenvalue weighted by Crippen LogP contribution is 2.20. The highest BCUT2D eigenvalue weighted by atomic mass is 35.5. The summed E-state index contributed by atoms with van der Waals surface area (Å²) in [5.41, 5.74) is 2.00. The van der Waals surface area contributed by atoms with E-state index < -0.39 is 0 Å². The van der Waals surface area contributed by atoms with E-state index in [9.17, 15) is 0 Å². The highest BCUT2D eigenvalue weighted by molar-refractivity contribution is 6.30. The number of pyridine rings is 1. The van der Waals surface area contributed by atoms with E-state index in [1.165, 1.54) is 6.42 Å². The summed E-state index contributed by atoms with van der Waals surface area (Å²) < 4.78 is 11.2. The number of fused-ring (bicyclic) bond motifs is 1. The molecule has 0 bridgehead atoms. The number of rotatable bonds is 3. The van der Waals surface area contributed by atoms with Crippen LogP contribution in [-0.2, 0) is 16.1 Å². The number of nitrogens with zero attached hydrogens (tertiary/aromatic N) is 1. The molecule has 96 valence electrons. The van der Waals surface area contributed by atoms with Crippen molar-refractivity contribution in [3.8, 4) is 0 Å². The molecule has 5 heteroatoms. The Hall–Kier alpha value is -1.10. The molecule has 0 amide bonds. The zero-order chi connectivity index (χ0) is 12.4. The Kier molecular flexibility index (Phi) is 3.50. The van der Waals surface area contributed by atoms with Gasteiger partial charge in [-0.3, -0.25) is 0 Å². The first-order chi connectivity index (χ1) is 8.81. The smallest absolute Gasteiger partial charge is 0.158 e. The van der Waals surface area contributed by atoms with Crippen LogP contribution in [0.5, 0.6) is 0 Å². The summed E-state index contributed by atoms with van der Waals surface area (Å²) in [5.74, 6) is 0. The van der Waals surface area contributed by atoms with E-state index in [4.69, 9.17) is 21.1 Å². The van der Waals surface area contributed by atoms with E-state index in [0.717, 1.165) is 36.0 Å². The topological polar surface area (TPSA) is 47.1 Å². The van der Waals surface area contributed by atoms with Gasteiger partial charge in [-0.15, -0.1) is 0 Å². The lowest BCUT2D eigenvalue weighted by atomic mass is 10.2. The Morgan fingerprint density at radius 2 is 2.39 bits per heavy atom.